The molecule has 0 fully saturated rings. The Labute approximate surface area is 165 Å². The number of Topliss-reactive ketones (excluding diaryl/α,β-unsaturated/α-hetero) is 1. The minimum absolute atomic E-state index is 0.0788. The van der Waals surface area contributed by atoms with E-state index in [1.54, 1.807) is 36.4 Å². The second-order valence-electron chi connectivity index (χ2n) is 6.41. The third-order valence-electron chi connectivity index (χ3n) is 4.16. The van der Waals surface area contributed by atoms with Crippen molar-refractivity contribution in [3.63, 3.8) is 0 Å². The van der Waals surface area contributed by atoms with E-state index < -0.39 is 16.1 Å². The predicted molar refractivity (Wildman–Crippen MR) is 107 cm³/mol. The van der Waals surface area contributed by atoms with Crippen molar-refractivity contribution in [1.82, 2.24) is 5.32 Å². The lowest BCUT2D eigenvalue weighted by Crippen LogP contribution is -2.32. The molecule has 2 aromatic carbocycles. The quantitative estimate of drug-likeness (QED) is 0.384. The van der Waals surface area contributed by atoms with E-state index in [0.29, 0.717) is 37.2 Å². The van der Waals surface area contributed by atoms with Crippen LogP contribution in [0.2, 0.25) is 0 Å². The second kappa shape index (κ2) is 10.3. The van der Waals surface area contributed by atoms with Crippen LogP contribution in [0.3, 0.4) is 0 Å². The Hall–Kier alpha value is -2.26. The molecule has 0 aromatic heterocycles. The highest BCUT2D eigenvalue weighted by Crippen LogP contribution is 2.14. The monoisotopic (exact) mass is 406 g/mol. The maximum absolute atomic E-state index is 11.6. The standard InChI is InChI=1S/C20H26N2O5S/c1-2-20(24)16-5-7-18(8-6-16)27-14-17(23)13-22-12-11-15-3-9-19(10-4-15)28(21,25)26/h3-10,17,22-23H,2,11-14H2,1H3,(H2,21,25,26)/t17-/m0/s1. The zero-order valence-corrected chi connectivity index (χ0v) is 16.6. The molecule has 0 saturated heterocycles. The molecule has 7 nitrogen and oxygen atoms in total. The van der Waals surface area contributed by atoms with Gasteiger partial charge in [-0.15, -0.1) is 0 Å². The molecule has 0 spiro atoms. The number of ketones is 1. The van der Waals surface area contributed by atoms with Crippen LogP contribution >= 0.6 is 0 Å². The minimum atomic E-state index is -3.67. The average Bonchev–Trinajstić information content (AvgIpc) is 2.69. The van der Waals surface area contributed by atoms with Crippen molar-refractivity contribution < 1.29 is 23.1 Å². The number of nitrogens with one attached hydrogen (secondary N) is 1. The number of carbonyl (C=O) groups excluding carboxylic acids is 1. The number of nitrogens with two attached hydrogens (primary N) is 1. The van der Waals surface area contributed by atoms with Gasteiger partial charge in [0.15, 0.2) is 5.78 Å². The number of aliphatic hydroxyl groups is 1. The largest absolute Gasteiger partial charge is 0.491 e. The zero-order chi connectivity index (χ0) is 20.6. The summed E-state index contributed by atoms with van der Waals surface area (Å²) in [4.78, 5) is 11.7. The lowest BCUT2D eigenvalue weighted by atomic mass is 10.1. The van der Waals surface area contributed by atoms with Crippen LogP contribution < -0.4 is 15.2 Å². The molecule has 0 aliphatic heterocycles. The smallest absolute Gasteiger partial charge is 0.238 e. The van der Waals surface area contributed by atoms with Crippen LogP contribution in [0.15, 0.2) is 53.4 Å². The summed E-state index contributed by atoms with van der Waals surface area (Å²) < 4.78 is 28.0. The summed E-state index contributed by atoms with van der Waals surface area (Å²) in [6.07, 6.45) is 0.466. The normalized spacial score (nSPS) is 12.5. The van der Waals surface area contributed by atoms with Gasteiger partial charge in [-0.1, -0.05) is 19.1 Å². The van der Waals surface area contributed by atoms with Gasteiger partial charge in [0.05, 0.1) is 4.90 Å². The summed E-state index contributed by atoms with van der Waals surface area (Å²) in [5.41, 5.74) is 1.61. The van der Waals surface area contributed by atoms with Gasteiger partial charge in [0, 0.05) is 18.5 Å². The number of rotatable bonds is 11. The topological polar surface area (TPSA) is 119 Å². The Kier molecular flexibility index (Phi) is 8.13. The number of benzene rings is 2. The summed E-state index contributed by atoms with van der Waals surface area (Å²) in [6, 6.07) is 13.3. The average molecular weight is 407 g/mol. The SMILES string of the molecule is CCC(=O)c1ccc(OC[C@@H](O)CNCCc2ccc(S(N)(=O)=O)cc2)cc1. The Morgan fingerprint density at radius 1 is 1.14 bits per heavy atom. The highest BCUT2D eigenvalue weighted by atomic mass is 32.2. The fourth-order valence-electron chi connectivity index (χ4n) is 2.54. The molecule has 0 radical (unpaired) electrons. The third-order valence-corrected chi connectivity index (χ3v) is 5.09. The number of hydrogen-bond acceptors (Lipinski definition) is 6. The number of hydrogen-bond donors (Lipinski definition) is 3. The van der Waals surface area contributed by atoms with E-state index in [1.807, 2.05) is 6.92 Å². The fraction of sp³-hybridized carbons (Fsp3) is 0.350. The molecule has 28 heavy (non-hydrogen) atoms. The second-order valence-corrected chi connectivity index (χ2v) is 7.97. The number of sulfonamides is 1. The van der Waals surface area contributed by atoms with Gasteiger partial charge in [-0.3, -0.25) is 4.79 Å². The summed E-state index contributed by atoms with van der Waals surface area (Å²) in [6.45, 7) is 2.94. The molecule has 1 atom stereocenters. The van der Waals surface area contributed by atoms with Crippen molar-refractivity contribution in [2.24, 2.45) is 5.14 Å². The van der Waals surface area contributed by atoms with Gasteiger partial charge in [-0.25, -0.2) is 13.6 Å². The highest BCUT2D eigenvalue weighted by molar-refractivity contribution is 7.89. The third kappa shape index (κ3) is 7.05. The van der Waals surface area contributed by atoms with Crippen LogP contribution in [0.25, 0.3) is 0 Å². The summed E-state index contributed by atoms with van der Waals surface area (Å²) in [5.74, 6) is 0.678. The highest BCUT2D eigenvalue weighted by Gasteiger charge is 2.08. The van der Waals surface area contributed by atoms with E-state index in [4.69, 9.17) is 9.88 Å². The lowest BCUT2D eigenvalue weighted by Gasteiger charge is -2.13. The first-order valence-corrected chi connectivity index (χ1v) is 10.6. The maximum Gasteiger partial charge on any atom is 0.238 e. The zero-order valence-electron chi connectivity index (χ0n) is 15.8. The van der Waals surface area contributed by atoms with Crippen molar-refractivity contribution in [1.29, 1.82) is 0 Å². The molecule has 4 N–H and O–H groups in total. The van der Waals surface area contributed by atoms with Crippen LogP contribution in [0.5, 0.6) is 5.75 Å². The van der Waals surface area contributed by atoms with E-state index in [2.05, 4.69) is 5.32 Å². The molecule has 0 aliphatic carbocycles. The van der Waals surface area contributed by atoms with Crippen LogP contribution in [-0.4, -0.2) is 45.1 Å². The first-order chi connectivity index (χ1) is 13.3. The van der Waals surface area contributed by atoms with Gasteiger partial charge in [0.1, 0.15) is 18.5 Å². The molecule has 0 saturated carbocycles. The Balaban J connectivity index is 1.67. The van der Waals surface area contributed by atoms with E-state index in [0.717, 1.165) is 5.56 Å². The Morgan fingerprint density at radius 2 is 1.79 bits per heavy atom. The first kappa shape index (κ1) is 22.0. The van der Waals surface area contributed by atoms with E-state index in [9.17, 15) is 18.3 Å². The molecule has 0 amide bonds. The minimum Gasteiger partial charge on any atom is -0.491 e. The van der Waals surface area contributed by atoms with Gasteiger partial charge in [-0.05, 0) is 54.9 Å². The number of aliphatic hydroxyl groups excluding tert-OH is 1. The number of ether oxygens (including phenoxy) is 1. The van der Waals surface area contributed by atoms with Gasteiger partial charge < -0.3 is 15.2 Å². The molecule has 8 heteroatoms. The fourth-order valence-corrected chi connectivity index (χ4v) is 3.06. The lowest BCUT2D eigenvalue weighted by molar-refractivity contribution is 0.0986. The van der Waals surface area contributed by atoms with E-state index >= 15 is 0 Å². The van der Waals surface area contributed by atoms with Crippen LogP contribution in [-0.2, 0) is 16.4 Å². The summed E-state index contributed by atoms with van der Waals surface area (Å²) in [5, 5.41) is 18.2. The summed E-state index contributed by atoms with van der Waals surface area (Å²) in [7, 11) is -3.67. The molecule has 2 aromatic rings. The van der Waals surface area contributed by atoms with Crippen LogP contribution in [0.4, 0.5) is 0 Å². The molecule has 0 unspecified atom stereocenters. The van der Waals surface area contributed by atoms with Crippen LogP contribution in [0.1, 0.15) is 29.3 Å². The molecule has 152 valence electrons. The maximum atomic E-state index is 11.6. The Bertz CT molecular complexity index is 864. The Morgan fingerprint density at radius 3 is 2.36 bits per heavy atom. The van der Waals surface area contributed by atoms with Gasteiger partial charge in [0.25, 0.3) is 0 Å². The predicted octanol–water partition coefficient (Wildman–Crippen LogP) is 1.50. The van der Waals surface area contributed by atoms with Crippen molar-refractivity contribution in [2.75, 3.05) is 19.7 Å². The van der Waals surface area contributed by atoms with Gasteiger partial charge in [-0.2, -0.15) is 0 Å². The summed E-state index contributed by atoms with van der Waals surface area (Å²) >= 11 is 0. The number of carbonyl (C=O) groups is 1. The van der Waals surface area contributed by atoms with E-state index in [1.165, 1.54) is 12.1 Å². The molecule has 0 aliphatic rings. The number of primary sulfonamides is 1. The van der Waals surface area contributed by atoms with Crippen molar-refractivity contribution in [3.8, 4) is 5.75 Å². The molecular weight excluding hydrogens is 380 g/mol. The van der Waals surface area contributed by atoms with Gasteiger partial charge >= 0.3 is 0 Å². The molecular formula is C20H26N2O5S. The molecule has 0 bridgehead atoms. The van der Waals surface area contributed by atoms with Crippen LogP contribution in [0, 0.1) is 0 Å². The van der Waals surface area contributed by atoms with Gasteiger partial charge in [0.2, 0.25) is 10.0 Å². The molecule has 2 rings (SSSR count). The van der Waals surface area contributed by atoms with Crippen molar-refractivity contribution >= 4 is 15.8 Å². The molecule has 0 heterocycles. The van der Waals surface area contributed by atoms with Crippen molar-refractivity contribution in [3.05, 3.63) is 59.7 Å². The first-order valence-electron chi connectivity index (χ1n) is 9.06. The van der Waals surface area contributed by atoms with E-state index in [-0.39, 0.29) is 17.3 Å². The van der Waals surface area contributed by atoms with Crippen molar-refractivity contribution in [2.45, 2.75) is 30.8 Å².